The molecule has 0 aliphatic carbocycles. The molecule has 0 spiro atoms. The second-order valence-electron chi connectivity index (χ2n) is 9.21. The zero-order chi connectivity index (χ0) is 24.3. The third-order valence-electron chi connectivity index (χ3n) is 5.67. The number of nitrogens with zero attached hydrogens (tertiary/aromatic N) is 5. The molecule has 0 saturated carbocycles. The molecule has 174 valence electrons. The minimum absolute atomic E-state index is 0.00106. The van der Waals surface area contributed by atoms with Gasteiger partial charge in [-0.25, -0.2) is 4.68 Å². The lowest BCUT2D eigenvalue weighted by atomic mass is 10.1. The van der Waals surface area contributed by atoms with Crippen LogP contribution in [0.5, 0.6) is 0 Å². The van der Waals surface area contributed by atoms with Crippen molar-refractivity contribution in [2.24, 2.45) is 5.92 Å². The predicted molar refractivity (Wildman–Crippen MR) is 128 cm³/mol. The molecule has 2 aromatic rings. The van der Waals surface area contributed by atoms with Crippen LogP contribution in [0.25, 0.3) is 5.70 Å². The number of likely N-dealkylation sites (tertiary alicyclic amines) is 1. The van der Waals surface area contributed by atoms with Crippen LogP contribution in [-0.4, -0.2) is 57.6 Å². The van der Waals surface area contributed by atoms with E-state index in [1.807, 2.05) is 39.0 Å². The maximum Gasteiger partial charge on any atom is 0.243 e. The van der Waals surface area contributed by atoms with Gasteiger partial charge in [-0.15, -0.1) is 0 Å². The summed E-state index contributed by atoms with van der Waals surface area (Å²) < 4.78 is 1.70. The topological polar surface area (TPSA) is 94.3 Å². The van der Waals surface area contributed by atoms with Crippen molar-refractivity contribution in [3.63, 3.8) is 0 Å². The van der Waals surface area contributed by atoms with E-state index in [-0.39, 0.29) is 30.4 Å². The Hall–Kier alpha value is -3.31. The van der Waals surface area contributed by atoms with Gasteiger partial charge < -0.3 is 15.1 Å². The van der Waals surface area contributed by atoms with E-state index in [0.29, 0.717) is 28.5 Å². The van der Waals surface area contributed by atoms with Gasteiger partial charge in [0.25, 0.3) is 0 Å². The molecule has 1 aromatic carbocycles. The summed E-state index contributed by atoms with van der Waals surface area (Å²) in [5.41, 5.74) is 1.58. The second kappa shape index (κ2) is 9.67. The highest BCUT2D eigenvalue weighted by molar-refractivity contribution is 6.31. The molecule has 1 aliphatic rings. The first-order chi connectivity index (χ1) is 15.5. The molecule has 3 rings (SSSR count). The monoisotopic (exact) mass is 468 g/mol. The first-order valence-electron chi connectivity index (χ1n) is 10.7. The molecule has 8 nitrogen and oxygen atoms in total. The lowest BCUT2D eigenvalue weighted by molar-refractivity contribution is -0.131. The van der Waals surface area contributed by atoms with Gasteiger partial charge in [-0.05, 0) is 39.3 Å². The molecule has 1 saturated heterocycles. The van der Waals surface area contributed by atoms with E-state index < -0.39 is 12.0 Å². The van der Waals surface area contributed by atoms with Gasteiger partial charge in [0.05, 0.1) is 35.8 Å². The van der Waals surface area contributed by atoms with Crippen LogP contribution in [-0.2, 0) is 15.1 Å². The lowest BCUT2D eigenvalue weighted by Crippen LogP contribution is -2.41. The summed E-state index contributed by atoms with van der Waals surface area (Å²) in [6.07, 6.45) is 1.94. The minimum Gasteiger partial charge on any atom is -0.365 e. The van der Waals surface area contributed by atoms with Crippen LogP contribution in [0.15, 0.2) is 43.1 Å². The standard InChI is InChI=1S/C24H29ClN6O2/c1-16(20-13-27-31(22(20)25)24(2,3)4)29(5)15-21(32)30-14-17(11-19(30)12-26)23(33)28-18-9-7-6-8-10-18/h6-10,13,17,19H,1,11,14-15H2,2-5H3,(H,28,33). The number of nitrogens with one attached hydrogen (secondary N) is 1. The van der Waals surface area contributed by atoms with Crippen LogP contribution in [0, 0.1) is 17.2 Å². The molecule has 0 radical (unpaired) electrons. The highest BCUT2D eigenvalue weighted by atomic mass is 35.5. The van der Waals surface area contributed by atoms with Gasteiger partial charge in [-0.1, -0.05) is 36.4 Å². The smallest absolute Gasteiger partial charge is 0.243 e. The van der Waals surface area contributed by atoms with Crippen molar-refractivity contribution in [2.45, 2.75) is 38.8 Å². The van der Waals surface area contributed by atoms with Crippen molar-refractivity contribution in [1.29, 1.82) is 5.26 Å². The first-order valence-corrected chi connectivity index (χ1v) is 11.1. The van der Waals surface area contributed by atoms with E-state index in [1.54, 1.807) is 35.0 Å². The van der Waals surface area contributed by atoms with Gasteiger partial charge in [0.1, 0.15) is 11.2 Å². The zero-order valence-electron chi connectivity index (χ0n) is 19.4. The normalized spacial score (nSPS) is 18.0. The molecule has 9 heteroatoms. The molecular formula is C24H29ClN6O2. The van der Waals surface area contributed by atoms with Gasteiger partial charge in [-0.2, -0.15) is 10.4 Å². The van der Waals surface area contributed by atoms with Crippen molar-refractivity contribution in [3.05, 3.63) is 53.8 Å². The Morgan fingerprint density at radius 1 is 1.33 bits per heavy atom. The number of hydrogen-bond donors (Lipinski definition) is 1. The summed E-state index contributed by atoms with van der Waals surface area (Å²) in [6.45, 7) is 10.2. The fourth-order valence-electron chi connectivity index (χ4n) is 3.78. The quantitative estimate of drug-likeness (QED) is 0.699. The van der Waals surface area contributed by atoms with Crippen LogP contribution in [0.3, 0.4) is 0 Å². The van der Waals surface area contributed by atoms with E-state index in [1.165, 1.54) is 4.90 Å². The third-order valence-corrected chi connectivity index (χ3v) is 6.04. The molecule has 2 unspecified atom stereocenters. The van der Waals surface area contributed by atoms with Gasteiger partial charge in [0.15, 0.2) is 0 Å². The number of rotatable bonds is 6. The SMILES string of the molecule is C=C(c1cnn(C(C)(C)C)c1Cl)N(C)CC(=O)N1CC(C(=O)Nc2ccccc2)CC1C#N. The number of para-hydroxylation sites is 1. The molecule has 2 amide bonds. The maximum atomic E-state index is 13.0. The first kappa shape index (κ1) is 24.3. The molecular weight excluding hydrogens is 440 g/mol. The molecule has 0 bridgehead atoms. The lowest BCUT2D eigenvalue weighted by Gasteiger charge is -2.26. The zero-order valence-corrected chi connectivity index (χ0v) is 20.1. The highest BCUT2D eigenvalue weighted by Gasteiger charge is 2.39. The Balaban J connectivity index is 1.65. The van der Waals surface area contributed by atoms with Crippen LogP contribution in [0.4, 0.5) is 5.69 Å². The summed E-state index contributed by atoms with van der Waals surface area (Å²) in [4.78, 5) is 28.9. The van der Waals surface area contributed by atoms with Crippen molar-refractivity contribution < 1.29 is 9.59 Å². The fourth-order valence-corrected chi connectivity index (χ4v) is 4.23. The fraction of sp³-hybridized carbons (Fsp3) is 0.417. The van der Waals surface area contributed by atoms with Gasteiger partial charge >= 0.3 is 0 Å². The second-order valence-corrected chi connectivity index (χ2v) is 9.57. The Morgan fingerprint density at radius 2 is 2.00 bits per heavy atom. The number of aromatic nitrogens is 2. The Bertz CT molecular complexity index is 1080. The average molecular weight is 469 g/mol. The molecule has 1 aliphatic heterocycles. The Kier molecular flexibility index (Phi) is 7.13. The van der Waals surface area contributed by atoms with Crippen LogP contribution in [0.1, 0.15) is 32.8 Å². The van der Waals surface area contributed by atoms with Gasteiger partial charge in [-0.3, -0.25) is 9.59 Å². The molecule has 1 N–H and O–H groups in total. The number of hydrogen-bond acceptors (Lipinski definition) is 5. The number of anilines is 1. The Labute approximate surface area is 199 Å². The van der Waals surface area contributed by atoms with Crippen LogP contribution in [0.2, 0.25) is 5.15 Å². The van der Waals surface area contributed by atoms with E-state index in [2.05, 4.69) is 23.1 Å². The predicted octanol–water partition coefficient (Wildman–Crippen LogP) is 3.57. The highest BCUT2D eigenvalue weighted by Crippen LogP contribution is 2.30. The summed E-state index contributed by atoms with van der Waals surface area (Å²) in [5.74, 6) is -0.901. The summed E-state index contributed by atoms with van der Waals surface area (Å²) in [7, 11) is 1.74. The van der Waals surface area contributed by atoms with Crippen molar-refractivity contribution in [2.75, 3.05) is 25.5 Å². The Morgan fingerprint density at radius 3 is 2.58 bits per heavy atom. The number of carbonyl (C=O) groups is 2. The molecule has 1 aromatic heterocycles. The molecule has 33 heavy (non-hydrogen) atoms. The van der Waals surface area contributed by atoms with Crippen LogP contribution >= 0.6 is 11.6 Å². The number of nitriles is 1. The number of carbonyl (C=O) groups excluding carboxylic acids is 2. The summed E-state index contributed by atoms with van der Waals surface area (Å²) in [5, 5.41) is 17.2. The summed E-state index contributed by atoms with van der Waals surface area (Å²) in [6, 6.07) is 10.6. The van der Waals surface area contributed by atoms with E-state index in [0.717, 1.165) is 0 Å². The van der Waals surface area contributed by atoms with Crippen LogP contribution < -0.4 is 5.32 Å². The van der Waals surface area contributed by atoms with Gasteiger partial charge in [0, 0.05) is 25.0 Å². The van der Waals surface area contributed by atoms with Crippen molar-refractivity contribution in [1.82, 2.24) is 19.6 Å². The van der Waals surface area contributed by atoms with E-state index in [4.69, 9.17) is 11.6 Å². The average Bonchev–Trinajstić information content (AvgIpc) is 3.37. The third kappa shape index (κ3) is 5.37. The number of likely N-dealkylation sites (N-methyl/N-ethyl adjacent to an activating group) is 1. The molecule has 1 fully saturated rings. The number of halogens is 1. The number of benzene rings is 1. The van der Waals surface area contributed by atoms with Crippen molar-refractivity contribution in [3.8, 4) is 6.07 Å². The van der Waals surface area contributed by atoms with E-state index >= 15 is 0 Å². The largest absolute Gasteiger partial charge is 0.365 e. The van der Waals surface area contributed by atoms with E-state index in [9.17, 15) is 14.9 Å². The van der Waals surface area contributed by atoms with Gasteiger partial charge in [0.2, 0.25) is 11.8 Å². The molecule has 2 heterocycles. The summed E-state index contributed by atoms with van der Waals surface area (Å²) >= 11 is 6.51. The maximum absolute atomic E-state index is 13.0. The molecule has 2 atom stereocenters. The number of amides is 2. The minimum atomic E-state index is -0.655. The van der Waals surface area contributed by atoms with Crippen molar-refractivity contribution >= 4 is 34.8 Å².